The highest BCUT2D eigenvalue weighted by molar-refractivity contribution is 9.10. The van der Waals surface area contributed by atoms with E-state index in [0.29, 0.717) is 6.54 Å². The van der Waals surface area contributed by atoms with Gasteiger partial charge in [-0.1, -0.05) is 6.92 Å². The Hall–Kier alpha value is -0.390. The van der Waals surface area contributed by atoms with Crippen LogP contribution in [0.1, 0.15) is 13.3 Å². The number of carbonyl (C=O) groups excluding carboxylic acids is 1. The van der Waals surface area contributed by atoms with Gasteiger partial charge in [0.05, 0.1) is 5.00 Å². The highest BCUT2D eigenvalue weighted by atomic mass is 79.9. The minimum Gasteiger partial charge on any atom is -0.330 e. The second-order valence-electron chi connectivity index (χ2n) is 3.10. The van der Waals surface area contributed by atoms with Crippen LogP contribution in [0.15, 0.2) is 15.9 Å². The number of halogens is 1. The van der Waals surface area contributed by atoms with Crippen molar-refractivity contribution < 1.29 is 4.79 Å². The SMILES string of the molecule is CC(CCN)C(=O)Nc1cc(Br)cs1. The van der Waals surface area contributed by atoms with Crippen molar-refractivity contribution in [1.82, 2.24) is 0 Å². The molecule has 14 heavy (non-hydrogen) atoms. The molecule has 0 aliphatic rings. The van der Waals surface area contributed by atoms with Crippen LogP contribution >= 0.6 is 27.3 Å². The van der Waals surface area contributed by atoms with Crippen LogP contribution in [0, 0.1) is 5.92 Å². The topological polar surface area (TPSA) is 55.1 Å². The van der Waals surface area contributed by atoms with Crippen molar-refractivity contribution in [3.8, 4) is 0 Å². The number of thiophene rings is 1. The van der Waals surface area contributed by atoms with E-state index in [0.717, 1.165) is 15.9 Å². The number of nitrogens with two attached hydrogens (primary N) is 1. The van der Waals surface area contributed by atoms with Crippen molar-refractivity contribution in [2.24, 2.45) is 11.7 Å². The van der Waals surface area contributed by atoms with Gasteiger partial charge in [-0.05, 0) is 35.0 Å². The van der Waals surface area contributed by atoms with Gasteiger partial charge in [-0.15, -0.1) is 11.3 Å². The third kappa shape index (κ3) is 3.40. The lowest BCUT2D eigenvalue weighted by molar-refractivity contribution is -0.119. The summed E-state index contributed by atoms with van der Waals surface area (Å²) in [6.45, 7) is 2.42. The van der Waals surface area contributed by atoms with E-state index in [1.165, 1.54) is 11.3 Å². The van der Waals surface area contributed by atoms with Gasteiger partial charge in [0.25, 0.3) is 0 Å². The summed E-state index contributed by atoms with van der Waals surface area (Å²) >= 11 is 4.83. The van der Waals surface area contributed by atoms with Crippen LogP contribution < -0.4 is 11.1 Å². The quantitative estimate of drug-likeness (QED) is 0.888. The largest absolute Gasteiger partial charge is 0.330 e. The van der Waals surface area contributed by atoms with Gasteiger partial charge in [-0.3, -0.25) is 4.79 Å². The molecular weight excluding hydrogens is 264 g/mol. The minimum atomic E-state index is -0.0270. The fourth-order valence-electron chi connectivity index (χ4n) is 1.00. The molecule has 1 rings (SSSR count). The molecule has 1 atom stereocenters. The average molecular weight is 277 g/mol. The first kappa shape index (κ1) is 11.7. The third-order valence-electron chi connectivity index (χ3n) is 1.86. The number of rotatable bonds is 4. The molecule has 0 saturated carbocycles. The molecule has 0 saturated heterocycles. The Balaban J connectivity index is 2.48. The van der Waals surface area contributed by atoms with E-state index in [-0.39, 0.29) is 11.8 Å². The molecule has 78 valence electrons. The zero-order chi connectivity index (χ0) is 10.6. The van der Waals surface area contributed by atoms with Crippen molar-refractivity contribution in [1.29, 1.82) is 0 Å². The standard InChI is InChI=1S/C9H13BrN2OS/c1-6(2-3-11)9(13)12-8-4-7(10)5-14-8/h4-6H,2-3,11H2,1H3,(H,12,13). The summed E-state index contributed by atoms with van der Waals surface area (Å²) in [5.41, 5.74) is 5.38. The van der Waals surface area contributed by atoms with Gasteiger partial charge in [-0.25, -0.2) is 0 Å². The van der Waals surface area contributed by atoms with E-state index in [9.17, 15) is 4.79 Å². The zero-order valence-electron chi connectivity index (χ0n) is 7.92. The lowest BCUT2D eigenvalue weighted by atomic mass is 10.1. The summed E-state index contributed by atoms with van der Waals surface area (Å²) in [4.78, 5) is 11.5. The highest BCUT2D eigenvalue weighted by Crippen LogP contribution is 2.24. The average Bonchev–Trinajstić information content (AvgIpc) is 2.51. The summed E-state index contributed by atoms with van der Waals surface area (Å²) in [5.74, 6) is 0.00526. The molecule has 1 aromatic rings. The van der Waals surface area contributed by atoms with Gasteiger partial charge in [-0.2, -0.15) is 0 Å². The summed E-state index contributed by atoms with van der Waals surface area (Å²) < 4.78 is 0.990. The van der Waals surface area contributed by atoms with Crippen molar-refractivity contribution in [3.63, 3.8) is 0 Å². The molecule has 0 aliphatic heterocycles. The Bertz CT molecular complexity index is 314. The molecule has 1 unspecified atom stereocenters. The van der Waals surface area contributed by atoms with E-state index in [4.69, 9.17) is 5.73 Å². The first-order chi connectivity index (χ1) is 6.63. The Kier molecular flexibility index (Phi) is 4.57. The molecule has 0 spiro atoms. The van der Waals surface area contributed by atoms with Crippen LogP contribution in [0.4, 0.5) is 5.00 Å². The lowest BCUT2D eigenvalue weighted by Gasteiger charge is -2.08. The molecule has 3 N–H and O–H groups in total. The van der Waals surface area contributed by atoms with Gasteiger partial charge < -0.3 is 11.1 Å². The smallest absolute Gasteiger partial charge is 0.227 e. The highest BCUT2D eigenvalue weighted by Gasteiger charge is 2.12. The molecule has 1 amide bonds. The molecule has 0 fully saturated rings. The molecule has 1 aromatic heterocycles. The summed E-state index contributed by atoms with van der Waals surface area (Å²) in [7, 11) is 0. The molecule has 5 heteroatoms. The molecule has 3 nitrogen and oxygen atoms in total. The molecular formula is C9H13BrN2OS. The number of hydrogen-bond acceptors (Lipinski definition) is 3. The Labute approximate surface area is 95.8 Å². The molecule has 0 radical (unpaired) electrons. The monoisotopic (exact) mass is 276 g/mol. The normalized spacial score (nSPS) is 12.5. The van der Waals surface area contributed by atoms with Gasteiger partial charge in [0.1, 0.15) is 0 Å². The van der Waals surface area contributed by atoms with Crippen LogP contribution in [0.25, 0.3) is 0 Å². The first-order valence-corrected chi connectivity index (χ1v) is 6.05. The van der Waals surface area contributed by atoms with Crippen molar-refractivity contribution in [3.05, 3.63) is 15.9 Å². The van der Waals surface area contributed by atoms with Crippen LogP contribution in [0.2, 0.25) is 0 Å². The van der Waals surface area contributed by atoms with Gasteiger partial charge in [0.15, 0.2) is 0 Å². The maximum absolute atomic E-state index is 11.5. The van der Waals surface area contributed by atoms with E-state index in [1.54, 1.807) is 0 Å². The summed E-state index contributed by atoms with van der Waals surface area (Å²) in [5, 5.41) is 5.64. The second kappa shape index (κ2) is 5.48. The van der Waals surface area contributed by atoms with Crippen molar-refractivity contribution in [2.45, 2.75) is 13.3 Å². The van der Waals surface area contributed by atoms with Crippen LogP contribution in [0.3, 0.4) is 0 Å². The van der Waals surface area contributed by atoms with Gasteiger partial charge in [0, 0.05) is 15.8 Å². The molecule has 0 bridgehead atoms. The summed E-state index contributed by atoms with van der Waals surface area (Å²) in [6.07, 6.45) is 0.721. The lowest BCUT2D eigenvalue weighted by Crippen LogP contribution is -2.22. The van der Waals surface area contributed by atoms with Crippen LogP contribution in [-0.4, -0.2) is 12.5 Å². The first-order valence-electron chi connectivity index (χ1n) is 4.38. The van der Waals surface area contributed by atoms with Crippen molar-refractivity contribution in [2.75, 3.05) is 11.9 Å². The Morgan fingerprint density at radius 2 is 2.50 bits per heavy atom. The fourth-order valence-corrected chi connectivity index (χ4v) is 2.33. The minimum absolute atomic E-state index is 0.0270. The Morgan fingerprint density at radius 3 is 3.00 bits per heavy atom. The van der Waals surface area contributed by atoms with Crippen molar-refractivity contribution >= 4 is 38.2 Å². The molecule has 0 aromatic carbocycles. The van der Waals surface area contributed by atoms with E-state index >= 15 is 0 Å². The number of carbonyl (C=O) groups is 1. The third-order valence-corrected chi connectivity index (χ3v) is 3.47. The summed E-state index contributed by atoms with van der Waals surface area (Å²) in [6, 6.07) is 1.89. The van der Waals surface area contributed by atoms with Crippen LogP contribution in [-0.2, 0) is 4.79 Å². The number of hydrogen-bond donors (Lipinski definition) is 2. The second-order valence-corrected chi connectivity index (χ2v) is 4.92. The molecule has 0 aliphatic carbocycles. The predicted octanol–water partition coefficient (Wildman–Crippen LogP) is 2.43. The number of nitrogens with one attached hydrogen (secondary N) is 1. The maximum atomic E-state index is 11.5. The zero-order valence-corrected chi connectivity index (χ0v) is 10.3. The number of anilines is 1. The molecule has 1 heterocycles. The number of amides is 1. The van der Waals surface area contributed by atoms with Gasteiger partial charge >= 0.3 is 0 Å². The fraction of sp³-hybridized carbons (Fsp3) is 0.444. The van der Waals surface area contributed by atoms with E-state index in [2.05, 4.69) is 21.2 Å². The van der Waals surface area contributed by atoms with Gasteiger partial charge in [0.2, 0.25) is 5.91 Å². The van der Waals surface area contributed by atoms with E-state index < -0.39 is 0 Å². The van der Waals surface area contributed by atoms with E-state index in [1.807, 2.05) is 18.4 Å². The Morgan fingerprint density at radius 1 is 1.79 bits per heavy atom. The predicted molar refractivity (Wildman–Crippen MR) is 63.5 cm³/mol. The maximum Gasteiger partial charge on any atom is 0.227 e. The van der Waals surface area contributed by atoms with Crippen LogP contribution in [0.5, 0.6) is 0 Å².